The van der Waals surface area contributed by atoms with Crippen LogP contribution < -0.4 is 4.90 Å². The summed E-state index contributed by atoms with van der Waals surface area (Å²) in [7, 11) is 0. The topological polar surface area (TPSA) is 45.6 Å². The number of aromatic nitrogens is 1. The van der Waals surface area contributed by atoms with Gasteiger partial charge in [-0.25, -0.2) is 9.78 Å². The summed E-state index contributed by atoms with van der Waals surface area (Å²) in [5.41, 5.74) is 0.558. The highest BCUT2D eigenvalue weighted by atomic mass is 16.1. The van der Waals surface area contributed by atoms with Crippen molar-refractivity contribution < 1.29 is 4.79 Å². The summed E-state index contributed by atoms with van der Waals surface area (Å²) in [6.45, 7) is 2.15. The molecule has 1 aliphatic rings. The van der Waals surface area contributed by atoms with Gasteiger partial charge in [-0.2, -0.15) is 4.99 Å². The number of pyridine rings is 1. The Hall–Kier alpha value is -1.67. The molecule has 1 saturated heterocycles. The van der Waals surface area contributed by atoms with E-state index in [0.717, 1.165) is 18.9 Å². The van der Waals surface area contributed by atoms with E-state index in [1.54, 1.807) is 12.3 Å². The van der Waals surface area contributed by atoms with Crippen LogP contribution in [0.25, 0.3) is 0 Å². The van der Waals surface area contributed by atoms with E-state index in [4.69, 9.17) is 0 Å². The Bertz CT molecular complexity index is 348. The molecule has 4 nitrogen and oxygen atoms in total. The second kappa shape index (κ2) is 4.03. The van der Waals surface area contributed by atoms with Crippen molar-refractivity contribution in [3.05, 3.63) is 18.3 Å². The summed E-state index contributed by atoms with van der Waals surface area (Å²) in [5.74, 6) is 0.965. The molecular formula is C10H11N3O. The summed E-state index contributed by atoms with van der Waals surface area (Å²) in [4.78, 5) is 19.9. The van der Waals surface area contributed by atoms with Crippen molar-refractivity contribution in [3.8, 4) is 0 Å². The number of carbonyl (C=O) groups excluding carboxylic acids is 1. The average molecular weight is 189 g/mol. The number of anilines is 1. The van der Waals surface area contributed by atoms with Gasteiger partial charge in [0.05, 0.1) is 11.9 Å². The van der Waals surface area contributed by atoms with Crippen LogP contribution in [0.2, 0.25) is 0 Å². The third kappa shape index (κ3) is 1.80. The van der Waals surface area contributed by atoms with Gasteiger partial charge in [-0.3, -0.25) is 0 Å². The molecule has 1 aliphatic heterocycles. The van der Waals surface area contributed by atoms with Crippen molar-refractivity contribution >= 4 is 17.6 Å². The van der Waals surface area contributed by atoms with E-state index in [-0.39, 0.29) is 0 Å². The van der Waals surface area contributed by atoms with Gasteiger partial charge in [-0.15, -0.1) is 0 Å². The number of isocyanates is 1. The first-order chi connectivity index (χ1) is 6.90. The third-order valence-corrected chi connectivity index (χ3v) is 2.34. The zero-order valence-corrected chi connectivity index (χ0v) is 7.81. The normalized spacial score (nSPS) is 15.3. The summed E-state index contributed by atoms with van der Waals surface area (Å²) in [5, 5.41) is 0. The fourth-order valence-electron chi connectivity index (χ4n) is 1.63. The van der Waals surface area contributed by atoms with E-state index in [9.17, 15) is 4.79 Å². The van der Waals surface area contributed by atoms with Crippen LogP contribution in [0.3, 0.4) is 0 Å². The smallest absolute Gasteiger partial charge is 0.240 e. The highest BCUT2D eigenvalue weighted by molar-refractivity contribution is 5.51. The average Bonchev–Trinajstić information content (AvgIpc) is 2.72. The molecule has 1 aromatic heterocycles. The van der Waals surface area contributed by atoms with Gasteiger partial charge in [0.15, 0.2) is 0 Å². The molecule has 0 atom stereocenters. The fraction of sp³-hybridized carbons (Fsp3) is 0.400. The van der Waals surface area contributed by atoms with Crippen molar-refractivity contribution in [3.63, 3.8) is 0 Å². The Morgan fingerprint density at radius 1 is 1.36 bits per heavy atom. The van der Waals surface area contributed by atoms with E-state index in [2.05, 4.69) is 14.9 Å². The van der Waals surface area contributed by atoms with Crippen molar-refractivity contribution in [1.82, 2.24) is 4.98 Å². The Kier molecular flexibility index (Phi) is 2.56. The first kappa shape index (κ1) is 8.91. The lowest BCUT2D eigenvalue weighted by Crippen LogP contribution is -2.18. The van der Waals surface area contributed by atoms with Crippen LogP contribution in [0.5, 0.6) is 0 Å². The first-order valence-electron chi connectivity index (χ1n) is 4.69. The van der Waals surface area contributed by atoms with Crippen LogP contribution in [-0.4, -0.2) is 24.2 Å². The summed E-state index contributed by atoms with van der Waals surface area (Å²) < 4.78 is 0. The maximum absolute atomic E-state index is 9.99. The highest BCUT2D eigenvalue weighted by Gasteiger charge is 2.12. The van der Waals surface area contributed by atoms with Crippen molar-refractivity contribution in [2.75, 3.05) is 18.0 Å². The van der Waals surface area contributed by atoms with Gasteiger partial charge in [-0.05, 0) is 25.0 Å². The molecule has 0 amide bonds. The maximum Gasteiger partial charge on any atom is 0.240 e. The van der Waals surface area contributed by atoms with Gasteiger partial charge >= 0.3 is 0 Å². The van der Waals surface area contributed by atoms with Crippen LogP contribution in [0.15, 0.2) is 23.3 Å². The number of aliphatic imine (C=N–C) groups is 1. The maximum atomic E-state index is 9.99. The second-order valence-corrected chi connectivity index (χ2v) is 3.27. The zero-order chi connectivity index (χ0) is 9.80. The van der Waals surface area contributed by atoms with E-state index >= 15 is 0 Å². The van der Waals surface area contributed by atoms with Gasteiger partial charge in [0.25, 0.3) is 0 Å². The Labute approximate surface area is 82.3 Å². The molecule has 2 heterocycles. The summed E-state index contributed by atoms with van der Waals surface area (Å²) >= 11 is 0. The molecule has 72 valence electrons. The molecule has 0 spiro atoms. The first-order valence-corrected chi connectivity index (χ1v) is 4.69. The molecule has 14 heavy (non-hydrogen) atoms. The van der Waals surface area contributed by atoms with Crippen LogP contribution in [-0.2, 0) is 4.79 Å². The van der Waals surface area contributed by atoms with E-state index < -0.39 is 0 Å². The highest BCUT2D eigenvalue weighted by Crippen LogP contribution is 2.19. The predicted octanol–water partition coefficient (Wildman–Crippen LogP) is 1.65. The van der Waals surface area contributed by atoms with Crippen LogP contribution >= 0.6 is 0 Å². The van der Waals surface area contributed by atoms with E-state index in [1.165, 1.54) is 18.9 Å². The molecule has 0 saturated carbocycles. The number of hydrogen-bond donors (Lipinski definition) is 0. The van der Waals surface area contributed by atoms with Crippen molar-refractivity contribution in [1.29, 1.82) is 0 Å². The number of rotatable bonds is 2. The SMILES string of the molecule is O=C=Nc1ccc(N2CCCC2)nc1. The van der Waals surface area contributed by atoms with Gasteiger partial charge in [-0.1, -0.05) is 0 Å². The Morgan fingerprint density at radius 3 is 2.71 bits per heavy atom. The largest absolute Gasteiger partial charge is 0.357 e. The molecule has 2 rings (SSSR count). The lowest BCUT2D eigenvalue weighted by atomic mass is 10.4. The Balaban J connectivity index is 2.16. The van der Waals surface area contributed by atoms with Gasteiger partial charge < -0.3 is 4.90 Å². The number of nitrogens with zero attached hydrogens (tertiary/aromatic N) is 3. The number of hydrogen-bond acceptors (Lipinski definition) is 4. The molecule has 0 aliphatic carbocycles. The van der Waals surface area contributed by atoms with Gasteiger partial charge in [0.1, 0.15) is 5.82 Å². The minimum atomic E-state index is 0.558. The minimum Gasteiger partial charge on any atom is -0.357 e. The van der Waals surface area contributed by atoms with Crippen molar-refractivity contribution in [2.24, 2.45) is 4.99 Å². The second-order valence-electron chi connectivity index (χ2n) is 3.27. The van der Waals surface area contributed by atoms with Crippen molar-refractivity contribution in [2.45, 2.75) is 12.8 Å². The molecule has 1 aromatic rings. The predicted molar refractivity (Wildman–Crippen MR) is 53.5 cm³/mol. The van der Waals surface area contributed by atoms with E-state index in [1.807, 2.05) is 6.07 Å². The zero-order valence-electron chi connectivity index (χ0n) is 7.81. The molecule has 0 N–H and O–H groups in total. The van der Waals surface area contributed by atoms with Crippen LogP contribution in [0, 0.1) is 0 Å². The van der Waals surface area contributed by atoms with Crippen LogP contribution in [0.4, 0.5) is 11.5 Å². The lowest BCUT2D eigenvalue weighted by molar-refractivity contribution is 0.565. The molecule has 0 unspecified atom stereocenters. The van der Waals surface area contributed by atoms with E-state index in [0.29, 0.717) is 5.69 Å². The molecule has 0 radical (unpaired) electrons. The van der Waals surface area contributed by atoms with Gasteiger partial charge in [0, 0.05) is 13.1 Å². The standard InChI is InChI=1S/C10H11N3O/c14-8-12-9-3-4-10(11-7-9)13-5-1-2-6-13/h3-4,7H,1-2,5-6H2. The molecule has 4 heteroatoms. The lowest BCUT2D eigenvalue weighted by Gasteiger charge is -2.15. The van der Waals surface area contributed by atoms with Gasteiger partial charge in [0.2, 0.25) is 6.08 Å². The van der Waals surface area contributed by atoms with Crippen LogP contribution in [0.1, 0.15) is 12.8 Å². The molecule has 0 bridgehead atoms. The minimum absolute atomic E-state index is 0.558. The Morgan fingerprint density at radius 2 is 2.14 bits per heavy atom. The fourth-order valence-corrected chi connectivity index (χ4v) is 1.63. The quantitative estimate of drug-likeness (QED) is 0.525. The summed E-state index contributed by atoms with van der Waals surface area (Å²) in [6.07, 6.45) is 5.55. The monoisotopic (exact) mass is 189 g/mol. The molecular weight excluding hydrogens is 178 g/mol. The third-order valence-electron chi connectivity index (χ3n) is 2.34. The molecule has 0 aromatic carbocycles. The molecule has 1 fully saturated rings. The summed E-state index contributed by atoms with van der Waals surface area (Å²) in [6, 6.07) is 3.67.